The van der Waals surface area contributed by atoms with Gasteiger partial charge in [-0.05, 0) is 31.0 Å². The van der Waals surface area contributed by atoms with Gasteiger partial charge in [-0.15, -0.1) is 0 Å². The van der Waals surface area contributed by atoms with E-state index in [0.717, 1.165) is 24.2 Å². The molecular weight excluding hydrogens is 334 g/mol. The van der Waals surface area contributed by atoms with E-state index in [1.807, 2.05) is 36.4 Å². The summed E-state index contributed by atoms with van der Waals surface area (Å²) in [5.41, 5.74) is 0.457. The van der Waals surface area contributed by atoms with Crippen molar-refractivity contribution >= 4 is 0 Å². The summed E-state index contributed by atoms with van der Waals surface area (Å²) in [7, 11) is 0. The Balaban J connectivity index is 0.00000196. The van der Waals surface area contributed by atoms with Crippen LogP contribution < -0.4 is 21.2 Å². The van der Waals surface area contributed by atoms with Crippen molar-refractivity contribution in [2.24, 2.45) is 5.92 Å². The summed E-state index contributed by atoms with van der Waals surface area (Å²) in [6.07, 6.45) is 3.87. The van der Waals surface area contributed by atoms with Crippen LogP contribution in [-0.2, 0) is 0 Å². The lowest BCUT2D eigenvalue weighted by molar-refractivity contribution is 0.0376. The monoisotopic (exact) mass is 355 g/mol. The minimum atomic E-state index is -0.271. The third-order valence-electron chi connectivity index (χ3n) is 4.25. The van der Waals surface area contributed by atoms with Gasteiger partial charge >= 0.3 is 0 Å². The first-order valence-electron chi connectivity index (χ1n) is 8.26. The van der Waals surface area contributed by atoms with Crippen LogP contribution in [-0.4, -0.2) is 22.9 Å². The summed E-state index contributed by atoms with van der Waals surface area (Å²) in [6.45, 7) is 0.625. The molecule has 4 rings (SSSR count). The highest BCUT2D eigenvalue weighted by Gasteiger charge is 2.31. The van der Waals surface area contributed by atoms with Crippen molar-refractivity contribution in [1.82, 2.24) is 16.3 Å². The van der Waals surface area contributed by atoms with E-state index in [-0.39, 0.29) is 17.8 Å². The lowest BCUT2D eigenvalue weighted by atomic mass is 9.83. The SMILES string of the molecule is N.O=c1cc(-c2ccc(OCC3CC(Oc4ccccc4)C3)nc2)o[nH]1. The van der Waals surface area contributed by atoms with Crippen LogP contribution in [0.25, 0.3) is 11.3 Å². The Morgan fingerprint density at radius 1 is 1.15 bits per heavy atom. The number of hydrogen-bond donors (Lipinski definition) is 2. The number of benzene rings is 1. The molecule has 1 aliphatic rings. The van der Waals surface area contributed by atoms with E-state index in [4.69, 9.17) is 14.0 Å². The van der Waals surface area contributed by atoms with Crippen molar-refractivity contribution in [1.29, 1.82) is 0 Å². The maximum Gasteiger partial charge on any atom is 0.280 e. The standard InChI is InChI=1S/C19H18N2O4.H3N/c22-18-10-17(25-21-18)14-6-7-19(20-11-14)23-12-13-8-16(9-13)24-15-4-2-1-3-5-15;/h1-7,10-11,13,16H,8-9,12H2,(H,21,22);1H3. The summed E-state index contributed by atoms with van der Waals surface area (Å²) in [6, 6.07) is 14.9. The zero-order chi connectivity index (χ0) is 17.1. The topological polar surface area (TPSA) is 112 Å². The van der Waals surface area contributed by atoms with Crippen LogP contribution in [0.15, 0.2) is 64.0 Å². The summed E-state index contributed by atoms with van der Waals surface area (Å²) in [5.74, 6) is 2.43. The average molecular weight is 355 g/mol. The lowest BCUT2D eigenvalue weighted by Gasteiger charge is -2.35. The molecule has 0 amide bonds. The zero-order valence-corrected chi connectivity index (χ0v) is 14.3. The molecule has 2 aromatic heterocycles. The molecule has 4 N–H and O–H groups in total. The highest BCUT2D eigenvalue weighted by Crippen LogP contribution is 2.31. The van der Waals surface area contributed by atoms with Crippen LogP contribution >= 0.6 is 0 Å². The van der Waals surface area contributed by atoms with Gasteiger partial charge in [-0.2, -0.15) is 5.16 Å². The molecule has 7 heteroatoms. The largest absolute Gasteiger partial charge is 0.490 e. The summed E-state index contributed by atoms with van der Waals surface area (Å²) in [5, 5.41) is 2.26. The predicted molar refractivity (Wildman–Crippen MR) is 96.7 cm³/mol. The number of hydrogen-bond acceptors (Lipinski definition) is 6. The Kier molecular flexibility index (Phi) is 5.38. The molecule has 136 valence electrons. The lowest BCUT2D eigenvalue weighted by Crippen LogP contribution is -2.37. The van der Waals surface area contributed by atoms with Gasteiger partial charge in [0.1, 0.15) is 5.75 Å². The fourth-order valence-electron chi connectivity index (χ4n) is 2.84. The molecule has 0 saturated heterocycles. The minimum Gasteiger partial charge on any atom is -0.490 e. The average Bonchev–Trinajstić information content (AvgIpc) is 3.04. The normalized spacial score (nSPS) is 18.5. The third-order valence-corrected chi connectivity index (χ3v) is 4.25. The Bertz CT molecular complexity index is 868. The molecule has 26 heavy (non-hydrogen) atoms. The van der Waals surface area contributed by atoms with Crippen molar-refractivity contribution in [3.63, 3.8) is 0 Å². The molecule has 1 aromatic carbocycles. The fourth-order valence-corrected chi connectivity index (χ4v) is 2.84. The van der Waals surface area contributed by atoms with Crippen molar-refractivity contribution in [2.45, 2.75) is 18.9 Å². The molecule has 7 nitrogen and oxygen atoms in total. The van der Waals surface area contributed by atoms with Gasteiger partial charge in [0.05, 0.1) is 18.8 Å². The van der Waals surface area contributed by atoms with Gasteiger partial charge < -0.3 is 20.1 Å². The number of ether oxygens (including phenoxy) is 2. The van der Waals surface area contributed by atoms with E-state index in [0.29, 0.717) is 24.2 Å². The second-order valence-corrected chi connectivity index (χ2v) is 6.16. The Morgan fingerprint density at radius 2 is 1.96 bits per heavy atom. The molecule has 2 heterocycles. The minimum absolute atomic E-state index is 0. The summed E-state index contributed by atoms with van der Waals surface area (Å²) < 4.78 is 16.7. The Morgan fingerprint density at radius 3 is 2.62 bits per heavy atom. The number of nitrogens with zero attached hydrogens (tertiary/aromatic N) is 1. The van der Waals surface area contributed by atoms with Crippen molar-refractivity contribution in [3.8, 4) is 23.0 Å². The number of aromatic amines is 1. The third kappa shape index (κ3) is 4.12. The van der Waals surface area contributed by atoms with Crippen molar-refractivity contribution < 1.29 is 14.0 Å². The first-order valence-corrected chi connectivity index (χ1v) is 8.26. The second-order valence-electron chi connectivity index (χ2n) is 6.16. The molecular formula is C19H21N3O4. The number of H-pyrrole nitrogens is 1. The molecule has 0 aliphatic heterocycles. The molecule has 0 bridgehead atoms. The Hall–Kier alpha value is -3.06. The van der Waals surface area contributed by atoms with Crippen LogP contribution in [0, 0.1) is 5.92 Å². The quantitative estimate of drug-likeness (QED) is 0.700. The molecule has 0 spiro atoms. The Labute approximate surface area is 150 Å². The second kappa shape index (κ2) is 7.88. The van der Waals surface area contributed by atoms with Gasteiger partial charge in [0, 0.05) is 23.7 Å². The number of nitrogens with one attached hydrogen (secondary N) is 1. The van der Waals surface area contributed by atoms with E-state index in [2.05, 4.69) is 10.1 Å². The smallest absolute Gasteiger partial charge is 0.280 e. The highest BCUT2D eigenvalue weighted by atomic mass is 16.5. The fraction of sp³-hybridized carbons (Fsp3) is 0.263. The number of aromatic nitrogens is 2. The highest BCUT2D eigenvalue weighted by molar-refractivity contribution is 5.55. The van der Waals surface area contributed by atoms with E-state index >= 15 is 0 Å². The number of pyridine rings is 1. The van der Waals surface area contributed by atoms with Gasteiger partial charge in [-0.25, -0.2) is 4.98 Å². The van der Waals surface area contributed by atoms with Gasteiger partial charge in [0.2, 0.25) is 5.88 Å². The molecule has 0 unspecified atom stereocenters. The maximum atomic E-state index is 11.1. The molecule has 0 radical (unpaired) electrons. The van der Waals surface area contributed by atoms with E-state index in [9.17, 15) is 4.79 Å². The number of rotatable bonds is 6. The maximum absolute atomic E-state index is 11.1. The first kappa shape index (κ1) is 17.8. The summed E-state index contributed by atoms with van der Waals surface area (Å²) in [4.78, 5) is 15.3. The summed E-state index contributed by atoms with van der Waals surface area (Å²) >= 11 is 0. The molecule has 1 fully saturated rings. The molecule has 0 atom stereocenters. The van der Waals surface area contributed by atoms with Crippen LogP contribution in [0.5, 0.6) is 11.6 Å². The molecule has 1 saturated carbocycles. The van der Waals surface area contributed by atoms with Gasteiger partial charge in [-0.1, -0.05) is 18.2 Å². The van der Waals surface area contributed by atoms with E-state index in [1.54, 1.807) is 12.3 Å². The van der Waals surface area contributed by atoms with Crippen LogP contribution in [0.2, 0.25) is 0 Å². The van der Waals surface area contributed by atoms with E-state index < -0.39 is 0 Å². The predicted octanol–water partition coefficient (Wildman–Crippen LogP) is 3.43. The molecule has 3 aromatic rings. The zero-order valence-electron chi connectivity index (χ0n) is 14.3. The van der Waals surface area contributed by atoms with Crippen molar-refractivity contribution in [3.05, 3.63) is 65.1 Å². The van der Waals surface area contributed by atoms with Crippen LogP contribution in [0.4, 0.5) is 0 Å². The van der Waals surface area contributed by atoms with Gasteiger partial charge in [0.25, 0.3) is 5.56 Å². The number of para-hydroxylation sites is 1. The van der Waals surface area contributed by atoms with Gasteiger partial charge in [0.15, 0.2) is 5.76 Å². The van der Waals surface area contributed by atoms with Crippen LogP contribution in [0.1, 0.15) is 12.8 Å². The van der Waals surface area contributed by atoms with E-state index in [1.165, 1.54) is 6.07 Å². The first-order chi connectivity index (χ1) is 12.3. The van der Waals surface area contributed by atoms with Gasteiger partial charge in [-0.3, -0.25) is 4.79 Å². The van der Waals surface area contributed by atoms with Crippen molar-refractivity contribution in [2.75, 3.05) is 6.61 Å². The molecule has 1 aliphatic carbocycles. The van der Waals surface area contributed by atoms with Crippen LogP contribution in [0.3, 0.4) is 0 Å².